The second kappa shape index (κ2) is 11.7. The third kappa shape index (κ3) is 6.23. The maximum absolute atomic E-state index is 15.2. The first-order valence-corrected chi connectivity index (χ1v) is 12.2. The van der Waals surface area contributed by atoms with Crippen molar-refractivity contribution in [2.45, 2.75) is 24.9 Å². The highest BCUT2D eigenvalue weighted by Gasteiger charge is 2.48. The molecule has 0 spiro atoms. The predicted molar refractivity (Wildman–Crippen MR) is 134 cm³/mol. The van der Waals surface area contributed by atoms with Crippen molar-refractivity contribution < 1.29 is 41.5 Å². The molecule has 14 heteroatoms. The molecule has 0 bridgehead atoms. The SMILES string of the molecule is COc1cc(C(=O)NC2(C(=O)N[C@H](C)c3ccc(-c4cc(Cl)cc(Cl)c4OCC(F)F)cc3F)COC2)on1. The van der Waals surface area contributed by atoms with Crippen molar-refractivity contribution in [3.8, 4) is 22.8 Å². The van der Waals surface area contributed by atoms with E-state index < -0.39 is 42.2 Å². The summed E-state index contributed by atoms with van der Waals surface area (Å²) in [6.07, 6.45) is -2.75. The maximum atomic E-state index is 15.2. The molecule has 0 unspecified atom stereocenters. The zero-order valence-corrected chi connectivity index (χ0v) is 22.0. The number of alkyl halides is 2. The van der Waals surface area contributed by atoms with E-state index in [-0.39, 0.29) is 57.3 Å². The molecule has 1 atom stereocenters. The molecule has 39 heavy (non-hydrogen) atoms. The van der Waals surface area contributed by atoms with Crippen LogP contribution in [0.5, 0.6) is 11.6 Å². The number of methoxy groups -OCH3 is 1. The van der Waals surface area contributed by atoms with E-state index in [1.54, 1.807) is 6.92 Å². The Labute approximate surface area is 230 Å². The summed E-state index contributed by atoms with van der Waals surface area (Å²) in [7, 11) is 1.35. The van der Waals surface area contributed by atoms with Crippen LogP contribution in [0.15, 0.2) is 40.9 Å². The summed E-state index contributed by atoms with van der Waals surface area (Å²) < 4.78 is 60.8. The molecule has 0 aliphatic carbocycles. The normalized spacial score (nSPS) is 14.9. The summed E-state index contributed by atoms with van der Waals surface area (Å²) >= 11 is 12.2. The first-order valence-electron chi connectivity index (χ1n) is 11.4. The van der Waals surface area contributed by atoms with Crippen LogP contribution in [0.1, 0.15) is 29.1 Å². The monoisotopic (exact) mass is 587 g/mol. The Morgan fingerprint density at radius 1 is 1.18 bits per heavy atom. The van der Waals surface area contributed by atoms with Crippen LogP contribution in [0, 0.1) is 5.82 Å². The van der Waals surface area contributed by atoms with Gasteiger partial charge < -0.3 is 29.4 Å². The van der Waals surface area contributed by atoms with Gasteiger partial charge in [-0.15, -0.1) is 0 Å². The van der Waals surface area contributed by atoms with Crippen LogP contribution >= 0.6 is 23.2 Å². The Morgan fingerprint density at radius 2 is 1.92 bits per heavy atom. The Morgan fingerprint density at radius 3 is 2.51 bits per heavy atom. The molecular weight excluding hydrogens is 566 g/mol. The minimum absolute atomic E-state index is 0.0119. The number of amides is 2. The Balaban J connectivity index is 1.51. The number of carbonyl (C=O) groups excluding carboxylic acids is 2. The molecule has 2 amide bonds. The first kappa shape index (κ1) is 28.5. The summed E-state index contributed by atoms with van der Waals surface area (Å²) in [6, 6.07) is 7.26. The lowest BCUT2D eigenvalue weighted by Gasteiger charge is -2.40. The molecular formula is C25H22Cl2F3N3O6. The lowest BCUT2D eigenvalue weighted by Crippen LogP contribution is -2.70. The van der Waals surface area contributed by atoms with Gasteiger partial charge in [-0.05, 0) is 35.8 Å². The molecule has 1 aromatic heterocycles. The standard InChI is InChI=1S/C25H22Cl2F3N3O6/c1-12(31-24(35)25(10-37-11-25)32-23(34)19-8-21(36-2)33-39-19)15-4-3-13(5-18(15)28)16-6-14(26)7-17(27)22(16)38-9-20(29)30/h3-8,12,20H,9-11H2,1-2H3,(H,31,35)(H,32,34)/t12-/m1/s1. The zero-order valence-electron chi connectivity index (χ0n) is 20.5. The van der Waals surface area contributed by atoms with Gasteiger partial charge in [0, 0.05) is 16.1 Å². The molecule has 1 saturated heterocycles. The number of nitrogens with zero attached hydrogens (tertiary/aromatic N) is 1. The number of carbonyl (C=O) groups is 2. The minimum atomic E-state index is -2.75. The highest BCUT2D eigenvalue weighted by Crippen LogP contribution is 2.40. The molecule has 2 N–H and O–H groups in total. The van der Waals surface area contributed by atoms with Gasteiger partial charge in [0.05, 0.1) is 37.5 Å². The summed E-state index contributed by atoms with van der Waals surface area (Å²) in [6.45, 7) is 0.422. The van der Waals surface area contributed by atoms with E-state index >= 15 is 4.39 Å². The maximum Gasteiger partial charge on any atom is 0.291 e. The Bertz CT molecular complexity index is 1380. The molecule has 0 saturated carbocycles. The molecule has 208 valence electrons. The molecule has 2 aromatic carbocycles. The summed E-state index contributed by atoms with van der Waals surface area (Å²) in [5, 5.41) is 8.98. The Kier molecular flexibility index (Phi) is 8.57. The van der Waals surface area contributed by atoms with Crippen molar-refractivity contribution in [2.75, 3.05) is 26.9 Å². The van der Waals surface area contributed by atoms with Crippen LogP contribution < -0.4 is 20.1 Å². The number of hydrogen-bond donors (Lipinski definition) is 2. The van der Waals surface area contributed by atoms with E-state index in [0.717, 1.165) is 6.07 Å². The molecule has 1 aliphatic rings. The van der Waals surface area contributed by atoms with Gasteiger partial charge in [-0.25, -0.2) is 13.2 Å². The average molecular weight is 588 g/mol. The third-order valence-corrected chi connectivity index (χ3v) is 6.39. The molecule has 2 heterocycles. The van der Waals surface area contributed by atoms with Crippen molar-refractivity contribution in [3.05, 3.63) is 63.6 Å². The predicted octanol–water partition coefficient (Wildman–Crippen LogP) is 4.82. The second-order valence-corrected chi connectivity index (χ2v) is 9.50. The number of halogens is 5. The van der Waals surface area contributed by atoms with Gasteiger partial charge in [0.15, 0.2) is 5.54 Å². The lowest BCUT2D eigenvalue weighted by atomic mass is 9.94. The molecule has 1 fully saturated rings. The van der Waals surface area contributed by atoms with Gasteiger partial charge in [0.25, 0.3) is 24.1 Å². The number of benzene rings is 2. The molecule has 1 aliphatic heterocycles. The quantitative estimate of drug-likeness (QED) is 0.350. The van der Waals surface area contributed by atoms with Crippen LogP contribution in [0.3, 0.4) is 0 Å². The fourth-order valence-electron chi connectivity index (χ4n) is 3.83. The van der Waals surface area contributed by atoms with Gasteiger partial charge in [-0.3, -0.25) is 9.59 Å². The van der Waals surface area contributed by atoms with E-state index in [2.05, 4.69) is 15.8 Å². The first-order chi connectivity index (χ1) is 18.5. The van der Waals surface area contributed by atoms with E-state index in [4.69, 9.17) is 41.9 Å². The van der Waals surface area contributed by atoms with E-state index in [1.807, 2.05) is 0 Å². The molecule has 4 rings (SSSR count). The van der Waals surface area contributed by atoms with Crippen LogP contribution in [0.2, 0.25) is 10.0 Å². The second-order valence-electron chi connectivity index (χ2n) is 8.66. The highest BCUT2D eigenvalue weighted by atomic mass is 35.5. The summed E-state index contributed by atoms with van der Waals surface area (Å²) in [4.78, 5) is 25.7. The Hall–Kier alpha value is -3.48. The minimum Gasteiger partial charge on any atom is -0.485 e. The fourth-order valence-corrected chi connectivity index (χ4v) is 4.38. The molecule has 0 radical (unpaired) electrons. The van der Waals surface area contributed by atoms with Crippen LogP contribution in [0.4, 0.5) is 13.2 Å². The largest absolute Gasteiger partial charge is 0.485 e. The number of ether oxygens (including phenoxy) is 3. The third-order valence-electron chi connectivity index (χ3n) is 5.89. The van der Waals surface area contributed by atoms with E-state index in [9.17, 15) is 18.4 Å². The average Bonchev–Trinajstić information content (AvgIpc) is 3.34. The van der Waals surface area contributed by atoms with Gasteiger partial charge >= 0.3 is 0 Å². The van der Waals surface area contributed by atoms with Gasteiger partial charge in [0.2, 0.25) is 5.76 Å². The van der Waals surface area contributed by atoms with Gasteiger partial charge in [-0.2, -0.15) is 0 Å². The smallest absolute Gasteiger partial charge is 0.291 e. The number of rotatable bonds is 10. The lowest BCUT2D eigenvalue weighted by molar-refractivity contribution is -0.147. The van der Waals surface area contributed by atoms with Crippen molar-refractivity contribution in [3.63, 3.8) is 0 Å². The van der Waals surface area contributed by atoms with E-state index in [0.29, 0.717) is 0 Å². The molecule has 3 aromatic rings. The van der Waals surface area contributed by atoms with Crippen LogP contribution in [0.25, 0.3) is 11.1 Å². The molecule has 9 nitrogen and oxygen atoms in total. The van der Waals surface area contributed by atoms with Gasteiger partial charge in [-0.1, -0.05) is 35.3 Å². The van der Waals surface area contributed by atoms with Gasteiger partial charge in [0.1, 0.15) is 18.2 Å². The van der Waals surface area contributed by atoms with Crippen molar-refractivity contribution >= 4 is 35.0 Å². The number of nitrogens with one attached hydrogen (secondary N) is 2. The summed E-state index contributed by atoms with van der Waals surface area (Å²) in [5.74, 6) is -2.16. The van der Waals surface area contributed by atoms with Crippen molar-refractivity contribution in [1.29, 1.82) is 0 Å². The number of hydrogen-bond acceptors (Lipinski definition) is 7. The van der Waals surface area contributed by atoms with Crippen LogP contribution in [-0.2, 0) is 9.53 Å². The van der Waals surface area contributed by atoms with Crippen LogP contribution in [-0.4, -0.2) is 55.9 Å². The van der Waals surface area contributed by atoms with Crippen molar-refractivity contribution in [1.82, 2.24) is 15.8 Å². The summed E-state index contributed by atoms with van der Waals surface area (Å²) in [5.41, 5.74) is -0.803. The topological polar surface area (TPSA) is 112 Å². The van der Waals surface area contributed by atoms with E-state index in [1.165, 1.54) is 37.4 Å². The van der Waals surface area contributed by atoms with Crippen molar-refractivity contribution in [2.24, 2.45) is 0 Å². The fraction of sp³-hybridized carbons (Fsp3) is 0.320. The highest BCUT2D eigenvalue weighted by molar-refractivity contribution is 6.36. The zero-order chi connectivity index (χ0) is 28.3. The number of aromatic nitrogens is 1.